The van der Waals surface area contributed by atoms with E-state index in [1.54, 1.807) is 0 Å². The van der Waals surface area contributed by atoms with Gasteiger partial charge in [-0.2, -0.15) is 0 Å². The number of hydrogen-bond donors (Lipinski definition) is 0. The number of halogens is 2. The van der Waals surface area contributed by atoms with Crippen LogP contribution in [-0.4, -0.2) is 14.5 Å². The molecule has 0 bridgehead atoms. The topological polar surface area (TPSA) is 37.4 Å². The third-order valence-electron chi connectivity index (χ3n) is 3.54. The molecule has 0 amide bonds. The van der Waals surface area contributed by atoms with Crippen molar-refractivity contribution in [3.05, 3.63) is 58.1 Å². The molecule has 1 unspecified atom stereocenters. The Bertz CT molecular complexity index is 785. The summed E-state index contributed by atoms with van der Waals surface area (Å²) in [6, 6.07) is 11.8. The summed E-state index contributed by atoms with van der Waals surface area (Å²) in [7, 11) is -3.68. The summed E-state index contributed by atoms with van der Waals surface area (Å²) < 4.78 is 27.3. The van der Waals surface area contributed by atoms with Crippen molar-refractivity contribution in [1.29, 1.82) is 0 Å². The van der Waals surface area contributed by atoms with Crippen molar-refractivity contribution < 1.29 is 8.42 Å². The van der Waals surface area contributed by atoms with E-state index in [1.807, 2.05) is 31.2 Å². The molecular weight excluding hydrogens is 329 g/mol. The predicted molar refractivity (Wildman–Crippen MR) is 85.7 cm³/mol. The van der Waals surface area contributed by atoms with Gasteiger partial charge in [-0.15, -0.1) is 0 Å². The highest BCUT2D eigenvalue weighted by molar-refractivity contribution is 7.92. The number of para-hydroxylation sites is 1. The molecule has 2 aromatic rings. The standard InChI is InChI=1S/C15H13Cl2NO2S/c1-10-6-11-4-2-3-5-15(11)18(10)21(19,20)14-8-12(16)7-13(17)9-14/h2-5,7-10H,6H2,1H3. The lowest BCUT2D eigenvalue weighted by atomic mass is 10.1. The molecule has 0 aromatic heterocycles. The fraction of sp³-hybridized carbons (Fsp3) is 0.200. The molecule has 0 radical (unpaired) electrons. The normalized spacial score (nSPS) is 17.9. The van der Waals surface area contributed by atoms with Crippen molar-refractivity contribution in [1.82, 2.24) is 0 Å². The van der Waals surface area contributed by atoms with E-state index >= 15 is 0 Å². The van der Waals surface area contributed by atoms with Gasteiger partial charge in [0.05, 0.1) is 10.6 Å². The summed E-state index contributed by atoms with van der Waals surface area (Å²) in [6.07, 6.45) is 0.698. The molecule has 1 heterocycles. The van der Waals surface area contributed by atoms with Gasteiger partial charge in [0.2, 0.25) is 0 Å². The first-order valence-electron chi connectivity index (χ1n) is 6.48. The maximum absolute atomic E-state index is 12.9. The van der Waals surface area contributed by atoms with Crippen molar-refractivity contribution in [2.24, 2.45) is 0 Å². The maximum Gasteiger partial charge on any atom is 0.264 e. The molecule has 6 heteroatoms. The number of fused-ring (bicyclic) bond motifs is 1. The van der Waals surface area contributed by atoms with Gasteiger partial charge in [0.25, 0.3) is 10.0 Å². The van der Waals surface area contributed by atoms with E-state index in [1.165, 1.54) is 22.5 Å². The fourth-order valence-corrected chi connectivity index (χ4v) is 5.11. The molecule has 0 N–H and O–H groups in total. The Kier molecular flexibility index (Phi) is 3.64. The van der Waals surface area contributed by atoms with E-state index in [0.29, 0.717) is 16.5 Å². The summed E-state index contributed by atoms with van der Waals surface area (Å²) in [5.41, 5.74) is 1.75. The van der Waals surface area contributed by atoms with Gasteiger partial charge in [0.15, 0.2) is 0 Å². The molecular formula is C15H13Cl2NO2S. The average molecular weight is 342 g/mol. The largest absolute Gasteiger partial charge is 0.264 e. The molecule has 3 rings (SSSR count). The molecule has 110 valence electrons. The van der Waals surface area contributed by atoms with Crippen LogP contribution in [0.2, 0.25) is 10.0 Å². The van der Waals surface area contributed by atoms with E-state index in [-0.39, 0.29) is 10.9 Å². The lowest BCUT2D eigenvalue weighted by molar-refractivity contribution is 0.584. The molecule has 0 aliphatic carbocycles. The lowest BCUT2D eigenvalue weighted by Gasteiger charge is -2.24. The van der Waals surface area contributed by atoms with E-state index in [9.17, 15) is 8.42 Å². The highest BCUT2D eigenvalue weighted by Gasteiger charge is 2.36. The third-order valence-corrected chi connectivity index (χ3v) is 5.88. The van der Waals surface area contributed by atoms with E-state index < -0.39 is 10.0 Å². The van der Waals surface area contributed by atoms with Gasteiger partial charge in [-0.1, -0.05) is 41.4 Å². The first kappa shape index (κ1) is 14.7. The molecule has 0 fully saturated rings. The summed E-state index contributed by atoms with van der Waals surface area (Å²) in [5.74, 6) is 0. The lowest BCUT2D eigenvalue weighted by Crippen LogP contribution is -2.35. The Balaban J connectivity index is 2.14. The zero-order chi connectivity index (χ0) is 15.2. The van der Waals surface area contributed by atoms with Gasteiger partial charge in [-0.05, 0) is 43.2 Å². The number of sulfonamides is 1. The Hall–Kier alpha value is -1.23. The number of nitrogens with zero attached hydrogens (tertiary/aromatic N) is 1. The van der Waals surface area contributed by atoms with Crippen molar-refractivity contribution in [3.8, 4) is 0 Å². The summed E-state index contributed by atoms with van der Waals surface area (Å²) >= 11 is 11.9. The second-order valence-corrected chi connectivity index (χ2v) is 7.78. The number of rotatable bonds is 2. The average Bonchev–Trinajstić information content (AvgIpc) is 2.73. The quantitative estimate of drug-likeness (QED) is 0.823. The number of hydrogen-bond acceptors (Lipinski definition) is 2. The van der Waals surface area contributed by atoms with Crippen LogP contribution in [0.15, 0.2) is 47.4 Å². The summed E-state index contributed by atoms with van der Waals surface area (Å²) in [4.78, 5) is 0.114. The third kappa shape index (κ3) is 2.52. The Morgan fingerprint density at radius 2 is 1.71 bits per heavy atom. The van der Waals surface area contributed by atoms with Crippen LogP contribution in [-0.2, 0) is 16.4 Å². The number of benzene rings is 2. The van der Waals surface area contributed by atoms with Gasteiger partial charge < -0.3 is 0 Å². The molecule has 0 saturated carbocycles. The minimum Gasteiger partial charge on any atom is -0.263 e. The first-order valence-corrected chi connectivity index (χ1v) is 8.67. The van der Waals surface area contributed by atoms with Crippen LogP contribution in [0.5, 0.6) is 0 Å². The smallest absolute Gasteiger partial charge is 0.263 e. The van der Waals surface area contributed by atoms with Gasteiger partial charge in [0, 0.05) is 16.1 Å². The van der Waals surface area contributed by atoms with Crippen molar-refractivity contribution in [3.63, 3.8) is 0 Å². The van der Waals surface area contributed by atoms with Crippen LogP contribution < -0.4 is 4.31 Å². The van der Waals surface area contributed by atoms with Gasteiger partial charge >= 0.3 is 0 Å². The molecule has 1 atom stereocenters. The second-order valence-electron chi connectivity index (χ2n) is 5.09. The highest BCUT2D eigenvalue weighted by atomic mass is 35.5. The van der Waals surface area contributed by atoms with Crippen molar-refractivity contribution in [2.45, 2.75) is 24.3 Å². The van der Waals surface area contributed by atoms with Gasteiger partial charge in [0.1, 0.15) is 0 Å². The molecule has 0 spiro atoms. The summed E-state index contributed by atoms with van der Waals surface area (Å²) in [5, 5.41) is 0.613. The van der Waals surface area contributed by atoms with Crippen molar-refractivity contribution in [2.75, 3.05) is 4.31 Å². The van der Waals surface area contributed by atoms with Crippen LogP contribution in [0.25, 0.3) is 0 Å². The molecule has 2 aromatic carbocycles. The zero-order valence-electron chi connectivity index (χ0n) is 11.3. The maximum atomic E-state index is 12.9. The molecule has 1 aliphatic heterocycles. The van der Waals surface area contributed by atoms with Crippen LogP contribution in [0, 0.1) is 0 Å². The van der Waals surface area contributed by atoms with Crippen LogP contribution >= 0.6 is 23.2 Å². The second kappa shape index (κ2) is 5.20. The summed E-state index contributed by atoms with van der Waals surface area (Å²) in [6.45, 7) is 1.89. The van der Waals surface area contributed by atoms with Crippen molar-refractivity contribution >= 4 is 38.9 Å². The Labute approximate surface area is 134 Å². The highest BCUT2D eigenvalue weighted by Crippen LogP contribution is 2.37. The minimum atomic E-state index is -3.68. The van der Waals surface area contributed by atoms with E-state index in [4.69, 9.17) is 23.2 Å². The van der Waals surface area contributed by atoms with Gasteiger partial charge in [-0.3, -0.25) is 4.31 Å². The Morgan fingerprint density at radius 1 is 1.10 bits per heavy atom. The van der Waals surface area contributed by atoms with Gasteiger partial charge in [-0.25, -0.2) is 8.42 Å². The monoisotopic (exact) mass is 341 g/mol. The Morgan fingerprint density at radius 3 is 2.38 bits per heavy atom. The van der Waals surface area contributed by atoms with Crippen LogP contribution in [0.4, 0.5) is 5.69 Å². The zero-order valence-corrected chi connectivity index (χ0v) is 13.6. The first-order chi connectivity index (χ1) is 9.89. The minimum absolute atomic E-state index is 0.114. The van der Waals surface area contributed by atoms with Crippen LogP contribution in [0.3, 0.4) is 0 Å². The molecule has 0 saturated heterocycles. The predicted octanol–water partition coefficient (Wildman–Crippen LogP) is 4.13. The van der Waals surface area contributed by atoms with Crippen LogP contribution in [0.1, 0.15) is 12.5 Å². The molecule has 21 heavy (non-hydrogen) atoms. The molecule has 3 nitrogen and oxygen atoms in total. The molecule has 1 aliphatic rings. The SMILES string of the molecule is CC1Cc2ccccc2N1S(=O)(=O)c1cc(Cl)cc(Cl)c1. The number of anilines is 1. The van der Waals surface area contributed by atoms with E-state index in [0.717, 1.165) is 11.3 Å². The van der Waals surface area contributed by atoms with E-state index in [2.05, 4.69) is 0 Å². The fourth-order valence-electron chi connectivity index (χ4n) is 2.69.